The second-order valence-corrected chi connectivity index (χ2v) is 5.81. The Morgan fingerprint density at radius 1 is 1.14 bits per heavy atom. The minimum absolute atomic E-state index is 0.0570. The molecule has 0 fully saturated rings. The molecule has 1 N–H and O–H groups in total. The van der Waals surface area contributed by atoms with E-state index in [1.807, 2.05) is 0 Å². The van der Waals surface area contributed by atoms with Crippen molar-refractivity contribution >= 4 is 16.9 Å². The maximum atomic E-state index is 14.2. The van der Waals surface area contributed by atoms with Crippen LogP contribution < -0.4 is 10.2 Å². The molecule has 0 unspecified atom stereocenters. The third-order valence-corrected chi connectivity index (χ3v) is 3.85. The van der Waals surface area contributed by atoms with Crippen LogP contribution in [0, 0.1) is 11.6 Å². The van der Waals surface area contributed by atoms with E-state index < -0.39 is 46.1 Å². The second kappa shape index (κ2) is 7.53. The van der Waals surface area contributed by atoms with E-state index in [1.54, 1.807) is 0 Å². The molecule has 0 atom stereocenters. The molecule has 1 heterocycles. The lowest BCUT2D eigenvalue weighted by atomic mass is 10.0. The van der Waals surface area contributed by atoms with Gasteiger partial charge in [0.2, 0.25) is 5.43 Å². The molecule has 29 heavy (non-hydrogen) atoms. The molecule has 0 aliphatic carbocycles. The number of ether oxygens (including phenoxy) is 2. The molecule has 10 heteroatoms. The SMILES string of the molecule is CCOC(=O)c1c(-c2cccc(OC(F)(F)F)c2)[nH]c2cc(F)cc(F)c2c1=O. The summed E-state index contributed by atoms with van der Waals surface area (Å²) in [6.07, 6.45) is -4.97. The van der Waals surface area contributed by atoms with E-state index in [4.69, 9.17) is 4.74 Å². The number of fused-ring (bicyclic) bond motifs is 1. The summed E-state index contributed by atoms with van der Waals surface area (Å²) in [7, 11) is 0. The number of carbonyl (C=O) groups excluding carboxylic acids is 1. The van der Waals surface area contributed by atoms with Crippen LogP contribution in [-0.4, -0.2) is 23.9 Å². The average Bonchev–Trinajstić information content (AvgIpc) is 2.59. The van der Waals surface area contributed by atoms with Crippen LogP contribution in [0.15, 0.2) is 41.2 Å². The summed E-state index contributed by atoms with van der Waals surface area (Å²) in [5.41, 5.74) is -2.32. The van der Waals surface area contributed by atoms with Gasteiger partial charge in [-0.3, -0.25) is 4.79 Å². The van der Waals surface area contributed by atoms with E-state index in [9.17, 15) is 31.5 Å². The zero-order chi connectivity index (χ0) is 21.3. The van der Waals surface area contributed by atoms with E-state index in [-0.39, 0.29) is 23.4 Å². The topological polar surface area (TPSA) is 68.4 Å². The van der Waals surface area contributed by atoms with Crippen LogP contribution in [0.2, 0.25) is 0 Å². The van der Waals surface area contributed by atoms with Crippen molar-refractivity contribution < 1.29 is 36.2 Å². The van der Waals surface area contributed by atoms with Gasteiger partial charge in [0.05, 0.1) is 23.2 Å². The van der Waals surface area contributed by atoms with Gasteiger partial charge < -0.3 is 14.5 Å². The quantitative estimate of drug-likeness (QED) is 0.504. The number of hydrogen-bond donors (Lipinski definition) is 1. The first kappa shape index (κ1) is 20.3. The molecule has 0 saturated heterocycles. The van der Waals surface area contributed by atoms with Crippen molar-refractivity contribution in [1.29, 1.82) is 0 Å². The zero-order valence-corrected chi connectivity index (χ0v) is 14.7. The summed E-state index contributed by atoms with van der Waals surface area (Å²) >= 11 is 0. The Bertz CT molecular complexity index is 1150. The normalized spacial score (nSPS) is 11.5. The van der Waals surface area contributed by atoms with Gasteiger partial charge in [-0.05, 0) is 25.1 Å². The minimum Gasteiger partial charge on any atom is -0.462 e. The molecule has 1 aromatic heterocycles. The molecule has 0 spiro atoms. The molecule has 0 aliphatic rings. The lowest BCUT2D eigenvalue weighted by molar-refractivity contribution is -0.274. The van der Waals surface area contributed by atoms with Crippen LogP contribution in [0.25, 0.3) is 22.2 Å². The Morgan fingerprint density at radius 3 is 2.52 bits per heavy atom. The smallest absolute Gasteiger partial charge is 0.462 e. The molecular weight excluding hydrogens is 401 g/mol. The zero-order valence-electron chi connectivity index (χ0n) is 14.7. The fourth-order valence-electron chi connectivity index (χ4n) is 2.80. The van der Waals surface area contributed by atoms with E-state index in [0.717, 1.165) is 18.2 Å². The van der Waals surface area contributed by atoms with Gasteiger partial charge in [-0.25, -0.2) is 13.6 Å². The number of rotatable bonds is 4. The molecule has 0 aliphatic heterocycles. The predicted molar refractivity (Wildman–Crippen MR) is 92.6 cm³/mol. The Balaban J connectivity index is 2.31. The monoisotopic (exact) mass is 413 g/mol. The van der Waals surface area contributed by atoms with E-state index in [1.165, 1.54) is 19.1 Å². The van der Waals surface area contributed by atoms with Crippen molar-refractivity contribution in [3.05, 3.63) is 63.8 Å². The second-order valence-electron chi connectivity index (χ2n) is 5.81. The molecular formula is C19H12F5NO4. The van der Waals surface area contributed by atoms with Crippen LogP contribution in [0.3, 0.4) is 0 Å². The predicted octanol–water partition coefficient (Wildman–Crippen LogP) is 4.55. The number of carbonyl (C=O) groups is 1. The Labute approximate surface area is 159 Å². The fraction of sp³-hybridized carbons (Fsp3) is 0.158. The molecule has 3 aromatic rings. The maximum Gasteiger partial charge on any atom is 0.573 e. The number of aromatic nitrogens is 1. The van der Waals surface area contributed by atoms with Crippen LogP contribution >= 0.6 is 0 Å². The van der Waals surface area contributed by atoms with Crippen LogP contribution in [0.1, 0.15) is 17.3 Å². The lowest BCUT2D eigenvalue weighted by Gasteiger charge is -2.13. The molecule has 2 aromatic carbocycles. The number of alkyl halides is 3. The summed E-state index contributed by atoms with van der Waals surface area (Å²) in [6.45, 7) is 1.36. The van der Waals surface area contributed by atoms with Gasteiger partial charge in [0, 0.05) is 11.6 Å². The summed E-state index contributed by atoms with van der Waals surface area (Å²) in [6, 6.07) is 5.72. The number of hydrogen-bond acceptors (Lipinski definition) is 4. The number of benzene rings is 2. The van der Waals surface area contributed by atoms with Gasteiger partial charge in [0.25, 0.3) is 0 Å². The Hall–Kier alpha value is -3.43. The first-order valence-corrected chi connectivity index (χ1v) is 8.19. The number of halogens is 5. The van der Waals surface area contributed by atoms with Crippen molar-refractivity contribution in [1.82, 2.24) is 4.98 Å². The van der Waals surface area contributed by atoms with E-state index >= 15 is 0 Å². The third-order valence-electron chi connectivity index (χ3n) is 3.85. The minimum atomic E-state index is -4.97. The molecule has 152 valence electrons. The summed E-state index contributed by atoms with van der Waals surface area (Å²) in [5, 5.41) is -0.583. The average molecular weight is 413 g/mol. The van der Waals surface area contributed by atoms with Crippen molar-refractivity contribution in [3.63, 3.8) is 0 Å². The number of aromatic amines is 1. The van der Waals surface area contributed by atoms with Gasteiger partial charge in [0.15, 0.2) is 0 Å². The summed E-state index contributed by atoms with van der Waals surface area (Å²) < 4.78 is 73.9. The van der Waals surface area contributed by atoms with Gasteiger partial charge >= 0.3 is 12.3 Å². The maximum absolute atomic E-state index is 14.2. The van der Waals surface area contributed by atoms with E-state index in [0.29, 0.717) is 6.07 Å². The van der Waals surface area contributed by atoms with Crippen LogP contribution in [-0.2, 0) is 4.74 Å². The highest BCUT2D eigenvalue weighted by atomic mass is 19.4. The van der Waals surface area contributed by atoms with Crippen molar-refractivity contribution in [2.45, 2.75) is 13.3 Å². The lowest BCUT2D eigenvalue weighted by Crippen LogP contribution is -2.21. The highest BCUT2D eigenvalue weighted by Gasteiger charge is 2.31. The van der Waals surface area contributed by atoms with Gasteiger partial charge in [-0.1, -0.05) is 12.1 Å². The van der Waals surface area contributed by atoms with Crippen molar-refractivity contribution in [3.8, 4) is 17.0 Å². The van der Waals surface area contributed by atoms with Crippen molar-refractivity contribution in [2.75, 3.05) is 6.61 Å². The molecule has 0 saturated carbocycles. The largest absolute Gasteiger partial charge is 0.573 e. The third kappa shape index (κ3) is 4.20. The highest BCUT2D eigenvalue weighted by Crippen LogP contribution is 2.30. The van der Waals surface area contributed by atoms with Crippen LogP contribution in [0.4, 0.5) is 22.0 Å². The number of H-pyrrole nitrogens is 1. The van der Waals surface area contributed by atoms with Gasteiger partial charge in [0.1, 0.15) is 22.9 Å². The molecule has 0 bridgehead atoms. The van der Waals surface area contributed by atoms with Crippen LogP contribution in [0.5, 0.6) is 5.75 Å². The van der Waals surface area contributed by atoms with Crippen molar-refractivity contribution in [2.24, 2.45) is 0 Å². The fourth-order valence-corrected chi connectivity index (χ4v) is 2.80. The summed E-state index contributed by atoms with van der Waals surface area (Å²) in [5.74, 6) is -3.92. The number of nitrogens with one attached hydrogen (secondary N) is 1. The summed E-state index contributed by atoms with van der Waals surface area (Å²) in [4.78, 5) is 27.7. The van der Waals surface area contributed by atoms with E-state index in [2.05, 4.69) is 9.72 Å². The molecule has 0 radical (unpaired) electrons. The number of esters is 1. The molecule has 3 rings (SSSR count). The first-order chi connectivity index (χ1) is 13.6. The Kier molecular flexibility index (Phi) is 5.27. The van der Waals surface area contributed by atoms with Gasteiger partial charge in [-0.2, -0.15) is 0 Å². The van der Waals surface area contributed by atoms with Gasteiger partial charge in [-0.15, -0.1) is 13.2 Å². The first-order valence-electron chi connectivity index (χ1n) is 8.19. The highest BCUT2D eigenvalue weighted by molar-refractivity contribution is 6.00. The standard InChI is InChI=1S/C19H12F5NO4/c1-2-28-18(27)15-16(9-4-3-5-11(6-9)29-19(22,23)24)25-13-8-10(20)7-12(21)14(13)17(15)26/h3-8H,2H2,1H3,(H,25,26). The number of pyridine rings is 1. The molecule has 5 nitrogen and oxygen atoms in total. The Morgan fingerprint density at radius 2 is 1.86 bits per heavy atom. The molecule has 0 amide bonds.